The first-order valence-electron chi connectivity index (χ1n) is 6.62. The molecule has 0 aromatic carbocycles. The molecule has 0 aromatic rings. The molecule has 17 heavy (non-hydrogen) atoms. The molecule has 1 aliphatic carbocycles. The summed E-state index contributed by atoms with van der Waals surface area (Å²) in [6, 6.07) is 0.0518. The monoisotopic (exact) mass is 241 g/mol. The lowest BCUT2D eigenvalue weighted by molar-refractivity contribution is 0.0529. The standard InChI is InChI=1S/C12H23N3O2/c13-8-10-2-1-3-11(10)9-14-12(16)15-4-6-17-7-5-15/h10-11H,1-9,13H2,(H,14,16). The molecule has 2 amide bonds. The summed E-state index contributed by atoms with van der Waals surface area (Å²) in [4.78, 5) is 13.7. The van der Waals surface area contributed by atoms with Crippen LogP contribution in [0, 0.1) is 11.8 Å². The van der Waals surface area contributed by atoms with Gasteiger partial charge in [-0.1, -0.05) is 6.42 Å². The van der Waals surface area contributed by atoms with Crippen molar-refractivity contribution >= 4 is 6.03 Å². The minimum Gasteiger partial charge on any atom is -0.378 e. The van der Waals surface area contributed by atoms with Gasteiger partial charge in [-0.05, 0) is 31.2 Å². The highest BCUT2D eigenvalue weighted by atomic mass is 16.5. The molecular weight excluding hydrogens is 218 g/mol. The molecule has 0 bridgehead atoms. The van der Waals surface area contributed by atoms with Gasteiger partial charge in [-0.25, -0.2) is 4.79 Å². The second kappa shape index (κ2) is 6.21. The Morgan fingerprint density at radius 1 is 1.29 bits per heavy atom. The number of hydrogen-bond donors (Lipinski definition) is 2. The van der Waals surface area contributed by atoms with E-state index in [1.165, 1.54) is 19.3 Å². The number of nitrogens with zero attached hydrogens (tertiary/aromatic N) is 1. The maximum atomic E-state index is 11.9. The minimum absolute atomic E-state index is 0.0518. The van der Waals surface area contributed by atoms with Gasteiger partial charge in [-0.2, -0.15) is 0 Å². The lowest BCUT2D eigenvalue weighted by Crippen LogP contribution is -2.47. The molecule has 2 atom stereocenters. The van der Waals surface area contributed by atoms with E-state index in [1.54, 1.807) is 0 Å². The Morgan fingerprint density at radius 2 is 2.00 bits per heavy atom. The van der Waals surface area contributed by atoms with Gasteiger partial charge in [-0.3, -0.25) is 0 Å². The summed E-state index contributed by atoms with van der Waals surface area (Å²) in [5.74, 6) is 1.17. The molecule has 5 nitrogen and oxygen atoms in total. The second-order valence-electron chi connectivity index (χ2n) is 4.97. The van der Waals surface area contributed by atoms with E-state index in [4.69, 9.17) is 10.5 Å². The van der Waals surface area contributed by atoms with Gasteiger partial charge in [-0.15, -0.1) is 0 Å². The van der Waals surface area contributed by atoms with Crippen molar-refractivity contribution in [2.75, 3.05) is 39.4 Å². The van der Waals surface area contributed by atoms with E-state index in [1.807, 2.05) is 4.90 Å². The molecule has 0 spiro atoms. The molecule has 2 rings (SSSR count). The maximum Gasteiger partial charge on any atom is 0.317 e. The van der Waals surface area contributed by atoms with Gasteiger partial charge >= 0.3 is 6.03 Å². The molecule has 1 heterocycles. The molecule has 0 radical (unpaired) electrons. The average Bonchev–Trinajstić information content (AvgIpc) is 2.84. The Morgan fingerprint density at radius 3 is 2.71 bits per heavy atom. The third-order valence-corrected chi connectivity index (χ3v) is 3.93. The van der Waals surface area contributed by atoms with Crippen molar-refractivity contribution in [3.05, 3.63) is 0 Å². The summed E-state index contributed by atoms with van der Waals surface area (Å²) in [5.41, 5.74) is 5.73. The Kier molecular flexibility index (Phi) is 4.62. The predicted molar refractivity (Wildman–Crippen MR) is 65.7 cm³/mol. The van der Waals surface area contributed by atoms with Gasteiger partial charge < -0.3 is 20.7 Å². The van der Waals surface area contributed by atoms with Gasteiger partial charge in [0.25, 0.3) is 0 Å². The lowest BCUT2D eigenvalue weighted by Gasteiger charge is -2.28. The summed E-state index contributed by atoms with van der Waals surface area (Å²) in [7, 11) is 0. The molecule has 3 N–H and O–H groups in total. The van der Waals surface area contributed by atoms with Crippen LogP contribution >= 0.6 is 0 Å². The highest BCUT2D eigenvalue weighted by Gasteiger charge is 2.27. The highest BCUT2D eigenvalue weighted by Crippen LogP contribution is 2.30. The van der Waals surface area contributed by atoms with E-state index >= 15 is 0 Å². The topological polar surface area (TPSA) is 67.6 Å². The third kappa shape index (κ3) is 3.33. The summed E-state index contributed by atoms with van der Waals surface area (Å²) < 4.78 is 5.22. The number of amides is 2. The van der Waals surface area contributed by atoms with Crippen LogP contribution in [0.25, 0.3) is 0 Å². The van der Waals surface area contributed by atoms with E-state index < -0.39 is 0 Å². The van der Waals surface area contributed by atoms with Crippen LogP contribution in [0.3, 0.4) is 0 Å². The number of urea groups is 1. The zero-order chi connectivity index (χ0) is 12.1. The first-order chi connectivity index (χ1) is 8.31. The van der Waals surface area contributed by atoms with Crippen molar-refractivity contribution in [1.29, 1.82) is 0 Å². The Hall–Kier alpha value is -0.810. The quantitative estimate of drug-likeness (QED) is 0.751. The van der Waals surface area contributed by atoms with Gasteiger partial charge in [0.2, 0.25) is 0 Å². The average molecular weight is 241 g/mol. The molecule has 2 aliphatic rings. The maximum absolute atomic E-state index is 11.9. The van der Waals surface area contributed by atoms with E-state index in [0.29, 0.717) is 38.1 Å². The first kappa shape index (κ1) is 12.6. The Balaban J connectivity index is 1.71. The van der Waals surface area contributed by atoms with Crippen LogP contribution in [0.5, 0.6) is 0 Å². The molecule has 0 aromatic heterocycles. The molecule has 5 heteroatoms. The summed E-state index contributed by atoms with van der Waals surface area (Å²) in [6.07, 6.45) is 3.67. The molecule has 1 saturated carbocycles. The van der Waals surface area contributed by atoms with Crippen LogP contribution in [0.15, 0.2) is 0 Å². The van der Waals surface area contributed by atoms with Crippen molar-refractivity contribution in [2.45, 2.75) is 19.3 Å². The van der Waals surface area contributed by atoms with Crippen LogP contribution in [0.2, 0.25) is 0 Å². The molecular formula is C12H23N3O2. The molecule has 98 valence electrons. The molecule has 1 saturated heterocycles. The van der Waals surface area contributed by atoms with E-state index in [0.717, 1.165) is 13.1 Å². The zero-order valence-electron chi connectivity index (χ0n) is 10.4. The van der Waals surface area contributed by atoms with Gasteiger partial charge in [0.15, 0.2) is 0 Å². The SMILES string of the molecule is NCC1CCCC1CNC(=O)N1CCOCC1. The number of ether oxygens (including phenoxy) is 1. The summed E-state index contributed by atoms with van der Waals surface area (Å²) in [6.45, 7) is 4.24. The fourth-order valence-corrected chi connectivity index (χ4v) is 2.79. The van der Waals surface area contributed by atoms with Crippen LogP contribution in [0.1, 0.15) is 19.3 Å². The molecule has 2 fully saturated rings. The minimum atomic E-state index is 0.0518. The fourth-order valence-electron chi connectivity index (χ4n) is 2.79. The van der Waals surface area contributed by atoms with Crippen molar-refractivity contribution < 1.29 is 9.53 Å². The first-order valence-corrected chi connectivity index (χ1v) is 6.62. The van der Waals surface area contributed by atoms with E-state index in [-0.39, 0.29) is 6.03 Å². The number of nitrogens with one attached hydrogen (secondary N) is 1. The zero-order valence-corrected chi connectivity index (χ0v) is 10.4. The third-order valence-electron chi connectivity index (χ3n) is 3.93. The number of carbonyl (C=O) groups is 1. The van der Waals surface area contributed by atoms with Crippen molar-refractivity contribution in [1.82, 2.24) is 10.2 Å². The van der Waals surface area contributed by atoms with Gasteiger partial charge in [0.1, 0.15) is 0 Å². The van der Waals surface area contributed by atoms with E-state index in [2.05, 4.69) is 5.32 Å². The van der Waals surface area contributed by atoms with Crippen LogP contribution in [-0.2, 0) is 4.74 Å². The van der Waals surface area contributed by atoms with Crippen LogP contribution < -0.4 is 11.1 Å². The van der Waals surface area contributed by atoms with E-state index in [9.17, 15) is 4.79 Å². The van der Waals surface area contributed by atoms with Crippen LogP contribution in [0.4, 0.5) is 4.79 Å². The summed E-state index contributed by atoms with van der Waals surface area (Å²) in [5, 5.41) is 3.03. The predicted octanol–water partition coefficient (Wildman–Crippen LogP) is 0.403. The Labute approximate surface area is 103 Å². The number of hydrogen-bond acceptors (Lipinski definition) is 3. The van der Waals surface area contributed by atoms with Crippen molar-refractivity contribution in [3.63, 3.8) is 0 Å². The van der Waals surface area contributed by atoms with Crippen LogP contribution in [-0.4, -0.2) is 50.3 Å². The smallest absolute Gasteiger partial charge is 0.317 e. The van der Waals surface area contributed by atoms with Gasteiger partial charge in [0, 0.05) is 19.6 Å². The molecule has 2 unspecified atom stereocenters. The fraction of sp³-hybridized carbons (Fsp3) is 0.917. The largest absolute Gasteiger partial charge is 0.378 e. The normalized spacial score (nSPS) is 29.4. The lowest BCUT2D eigenvalue weighted by atomic mass is 9.96. The Bertz CT molecular complexity index is 254. The highest BCUT2D eigenvalue weighted by molar-refractivity contribution is 5.74. The van der Waals surface area contributed by atoms with Crippen molar-refractivity contribution in [2.24, 2.45) is 17.6 Å². The summed E-state index contributed by atoms with van der Waals surface area (Å²) >= 11 is 0. The second-order valence-corrected chi connectivity index (χ2v) is 4.97. The number of morpholine rings is 1. The molecule has 1 aliphatic heterocycles. The van der Waals surface area contributed by atoms with Gasteiger partial charge in [0.05, 0.1) is 13.2 Å². The number of rotatable bonds is 3. The number of carbonyl (C=O) groups excluding carboxylic acids is 1. The van der Waals surface area contributed by atoms with Crippen molar-refractivity contribution in [3.8, 4) is 0 Å². The number of nitrogens with two attached hydrogens (primary N) is 1.